The lowest BCUT2D eigenvalue weighted by Crippen LogP contribution is -2.14. The van der Waals surface area contributed by atoms with Crippen LogP contribution in [0, 0.1) is 17.1 Å². The quantitative estimate of drug-likeness (QED) is 0.806. The van der Waals surface area contributed by atoms with E-state index in [4.69, 9.17) is 14.7 Å². The summed E-state index contributed by atoms with van der Waals surface area (Å²) in [5.41, 5.74) is 1.88. The Morgan fingerprint density at radius 3 is 3.12 bits per heavy atom. The van der Waals surface area contributed by atoms with Crippen molar-refractivity contribution in [1.82, 2.24) is 0 Å². The van der Waals surface area contributed by atoms with E-state index < -0.39 is 5.82 Å². The molecule has 0 fully saturated rings. The molecular weight excluding hydrogens is 221 g/mol. The van der Waals surface area contributed by atoms with Gasteiger partial charge in [-0.15, -0.1) is 0 Å². The van der Waals surface area contributed by atoms with Crippen molar-refractivity contribution in [3.8, 4) is 11.8 Å². The van der Waals surface area contributed by atoms with Crippen molar-refractivity contribution in [2.24, 2.45) is 0 Å². The van der Waals surface area contributed by atoms with Gasteiger partial charge in [0.05, 0.1) is 13.2 Å². The molecule has 1 aromatic carbocycles. The van der Waals surface area contributed by atoms with Crippen LogP contribution in [-0.2, 0) is 17.6 Å². The maximum atomic E-state index is 13.7. The standard InChI is InChI=1S/C13H14FNO2/c1-16-6-4-9-7-12(14)11(8-15)13-10(9)3-2-5-17-13/h7H,2-6H2,1H3. The van der Waals surface area contributed by atoms with Crippen LogP contribution in [0.3, 0.4) is 0 Å². The van der Waals surface area contributed by atoms with Crippen LogP contribution in [0.4, 0.5) is 4.39 Å². The van der Waals surface area contributed by atoms with Crippen LogP contribution in [0.2, 0.25) is 0 Å². The molecule has 0 bridgehead atoms. The van der Waals surface area contributed by atoms with E-state index in [9.17, 15) is 4.39 Å². The molecule has 0 spiro atoms. The molecule has 1 heterocycles. The number of fused-ring (bicyclic) bond motifs is 1. The van der Waals surface area contributed by atoms with Crippen LogP contribution >= 0.6 is 0 Å². The number of methoxy groups -OCH3 is 1. The molecule has 90 valence electrons. The Labute approximate surface area is 99.8 Å². The number of halogens is 1. The number of benzene rings is 1. The van der Waals surface area contributed by atoms with E-state index >= 15 is 0 Å². The molecule has 0 N–H and O–H groups in total. The average molecular weight is 235 g/mol. The highest BCUT2D eigenvalue weighted by molar-refractivity contribution is 5.53. The van der Waals surface area contributed by atoms with E-state index in [2.05, 4.69) is 0 Å². The molecule has 0 atom stereocenters. The van der Waals surface area contributed by atoms with Gasteiger partial charge in [0.25, 0.3) is 0 Å². The number of ether oxygens (including phenoxy) is 2. The van der Waals surface area contributed by atoms with Crippen LogP contribution in [-0.4, -0.2) is 20.3 Å². The highest BCUT2D eigenvalue weighted by Gasteiger charge is 2.22. The second kappa shape index (κ2) is 5.15. The second-order valence-electron chi connectivity index (χ2n) is 4.01. The van der Waals surface area contributed by atoms with Gasteiger partial charge in [-0.2, -0.15) is 5.26 Å². The molecule has 0 saturated heterocycles. The zero-order valence-electron chi connectivity index (χ0n) is 9.75. The zero-order chi connectivity index (χ0) is 12.3. The predicted molar refractivity (Wildman–Crippen MR) is 60.5 cm³/mol. The van der Waals surface area contributed by atoms with Gasteiger partial charge >= 0.3 is 0 Å². The van der Waals surface area contributed by atoms with Crippen molar-refractivity contribution < 1.29 is 13.9 Å². The lowest BCUT2D eigenvalue weighted by atomic mass is 9.95. The summed E-state index contributed by atoms with van der Waals surface area (Å²) in [5.74, 6) is -0.0656. The maximum Gasteiger partial charge on any atom is 0.145 e. The number of rotatable bonds is 3. The molecule has 0 aliphatic carbocycles. The van der Waals surface area contributed by atoms with E-state index in [1.165, 1.54) is 6.07 Å². The summed E-state index contributed by atoms with van der Waals surface area (Å²) in [7, 11) is 1.61. The Morgan fingerprint density at radius 1 is 1.59 bits per heavy atom. The van der Waals surface area contributed by atoms with E-state index in [0.717, 1.165) is 24.0 Å². The lowest BCUT2D eigenvalue weighted by molar-refractivity contribution is 0.201. The fourth-order valence-corrected chi connectivity index (χ4v) is 2.11. The number of nitrogens with zero attached hydrogens (tertiary/aromatic N) is 1. The summed E-state index contributed by atoms with van der Waals surface area (Å²) in [5, 5.41) is 8.95. The molecule has 4 heteroatoms. The Bertz CT molecular complexity index is 465. The molecule has 0 amide bonds. The molecule has 0 unspecified atom stereocenters. The Hall–Kier alpha value is -1.60. The fourth-order valence-electron chi connectivity index (χ4n) is 2.11. The van der Waals surface area contributed by atoms with Crippen LogP contribution in [0.25, 0.3) is 0 Å². The van der Waals surface area contributed by atoms with E-state index in [0.29, 0.717) is 25.4 Å². The van der Waals surface area contributed by atoms with Crippen molar-refractivity contribution >= 4 is 0 Å². The van der Waals surface area contributed by atoms with Crippen molar-refractivity contribution in [1.29, 1.82) is 5.26 Å². The van der Waals surface area contributed by atoms with Gasteiger partial charge in [0, 0.05) is 7.11 Å². The third kappa shape index (κ3) is 2.25. The first kappa shape index (κ1) is 11.9. The first-order valence-corrected chi connectivity index (χ1v) is 5.64. The molecule has 0 saturated carbocycles. The largest absolute Gasteiger partial charge is 0.492 e. The second-order valence-corrected chi connectivity index (χ2v) is 4.01. The molecule has 1 aliphatic heterocycles. The molecule has 1 aromatic rings. The summed E-state index contributed by atoms with van der Waals surface area (Å²) in [6.07, 6.45) is 2.39. The highest BCUT2D eigenvalue weighted by Crippen LogP contribution is 2.33. The number of hydrogen-bond donors (Lipinski definition) is 0. The van der Waals surface area contributed by atoms with Gasteiger partial charge in [-0.3, -0.25) is 0 Å². The first-order chi connectivity index (χ1) is 8.27. The van der Waals surface area contributed by atoms with E-state index in [1.807, 2.05) is 6.07 Å². The van der Waals surface area contributed by atoms with Crippen molar-refractivity contribution in [3.63, 3.8) is 0 Å². The molecule has 2 rings (SSSR count). The van der Waals surface area contributed by atoms with Gasteiger partial charge in [-0.25, -0.2) is 4.39 Å². The molecule has 0 aromatic heterocycles. The minimum atomic E-state index is -0.501. The Morgan fingerprint density at radius 2 is 2.41 bits per heavy atom. The van der Waals surface area contributed by atoms with Gasteiger partial charge in [0.1, 0.15) is 23.2 Å². The summed E-state index contributed by atoms with van der Waals surface area (Å²) in [6, 6.07) is 3.31. The molecule has 17 heavy (non-hydrogen) atoms. The normalized spacial score (nSPS) is 13.7. The van der Waals surface area contributed by atoms with Gasteiger partial charge < -0.3 is 9.47 Å². The predicted octanol–water partition coefficient (Wildman–Crippen LogP) is 2.21. The zero-order valence-corrected chi connectivity index (χ0v) is 9.75. The lowest BCUT2D eigenvalue weighted by Gasteiger charge is -2.21. The third-order valence-electron chi connectivity index (χ3n) is 2.93. The average Bonchev–Trinajstić information content (AvgIpc) is 2.36. The monoisotopic (exact) mass is 235 g/mol. The smallest absolute Gasteiger partial charge is 0.145 e. The number of hydrogen-bond acceptors (Lipinski definition) is 3. The number of nitriles is 1. The molecular formula is C13H14FNO2. The Kier molecular flexibility index (Phi) is 3.60. The van der Waals surface area contributed by atoms with Crippen LogP contribution < -0.4 is 4.74 Å². The van der Waals surface area contributed by atoms with Crippen LogP contribution in [0.15, 0.2) is 6.07 Å². The molecule has 1 aliphatic rings. The molecule has 3 nitrogen and oxygen atoms in total. The minimum Gasteiger partial charge on any atom is -0.492 e. The van der Waals surface area contributed by atoms with Gasteiger partial charge in [-0.1, -0.05) is 0 Å². The van der Waals surface area contributed by atoms with Crippen molar-refractivity contribution in [2.45, 2.75) is 19.3 Å². The fraction of sp³-hybridized carbons (Fsp3) is 0.462. The highest BCUT2D eigenvalue weighted by atomic mass is 19.1. The topological polar surface area (TPSA) is 42.2 Å². The van der Waals surface area contributed by atoms with Crippen LogP contribution in [0.1, 0.15) is 23.1 Å². The van der Waals surface area contributed by atoms with E-state index in [-0.39, 0.29) is 5.56 Å². The van der Waals surface area contributed by atoms with Gasteiger partial charge in [0.15, 0.2) is 0 Å². The summed E-state index contributed by atoms with van der Waals surface area (Å²) < 4.78 is 24.2. The SMILES string of the molecule is COCCc1cc(F)c(C#N)c2c1CCCO2. The minimum absolute atomic E-state index is 0.0286. The van der Waals surface area contributed by atoms with Crippen molar-refractivity contribution in [2.75, 3.05) is 20.3 Å². The van der Waals surface area contributed by atoms with Crippen molar-refractivity contribution in [3.05, 3.63) is 28.6 Å². The van der Waals surface area contributed by atoms with Crippen LogP contribution in [0.5, 0.6) is 5.75 Å². The Balaban J connectivity index is 2.47. The summed E-state index contributed by atoms with van der Waals surface area (Å²) >= 11 is 0. The first-order valence-electron chi connectivity index (χ1n) is 5.64. The van der Waals surface area contributed by atoms with E-state index in [1.54, 1.807) is 7.11 Å². The summed E-state index contributed by atoms with van der Waals surface area (Å²) in [6.45, 7) is 1.09. The maximum absolute atomic E-state index is 13.7. The van der Waals surface area contributed by atoms with Gasteiger partial charge in [-0.05, 0) is 36.5 Å². The summed E-state index contributed by atoms with van der Waals surface area (Å²) in [4.78, 5) is 0. The molecule has 0 radical (unpaired) electrons. The third-order valence-corrected chi connectivity index (χ3v) is 2.93. The van der Waals surface area contributed by atoms with Gasteiger partial charge in [0.2, 0.25) is 0 Å².